The highest BCUT2D eigenvalue weighted by Crippen LogP contribution is 2.24. The number of carbonyl (C=O) groups excluding carboxylic acids is 1. The summed E-state index contributed by atoms with van der Waals surface area (Å²) >= 11 is 4.59. The highest BCUT2D eigenvalue weighted by atomic mass is 79.9. The number of anilines is 1. The summed E-state index contributed by atoms with van der Waals surface area (Å²) in [6.45, 7) is 1.77. The van der Waals surface area contributed by atoms with Crippen LogP contribution in [0, 0.1) is 6.92 Å². The van der Waals surface area contributed by atoms with Gasteiger partial charge >= 0.3 is 0 Å². The maximum atomic E-state index is 11.8. The van der Waals surface area contributed by atoms with E-state index < -0.39 is 0 Å². The number of carbonyl (C=O) groups is 1. The van der Waals surface area contributed by atoms with Gasteiger partial charge in [-0.1, -0.05) is 17.4 Å². The molecule has 0 saturated carbocycles. The van der Waals surface area contributed by atoms with E-state index in [4.69, 9.17) is 0 Å². The molecule has 0 fully saturated rings. The van der Waals surface area contributed by atoms with Gasteiger partial charge in [0.25, 0.3) is 5.91 Å². The number of aromatic hydroxyl groups is 1. The summed E-state index contributed by atoms with van der Waals surface area (Å²) in [4.78, 5) is 15.8. The predicted molar refractivity (Wildman–Crippen MR) is 70.6 cm³/mol. The molecule has 0 saturated heterocycles. The predicted octanol–water partition coefficient (Wildman–Crippen LogP) is 3.17. The van der Waals surface area contributed by atoms with Crippen molar-refractivity contribution in [2.24, 2.45) is 0 Å². The van der Waals surface area contributed by atoms with Gasteiger partial charge in [0.05, 0.1) is 9.98 Å². The number of amides is 1. The summed E-state index contributed by atoms with van der Waals surface area (Å²) in [5, 5.41) is 12.7. The van der Waals surface area contributed by atoms with E-state index in [2.05, 4.69) is 26.2 Å². The normalized spacial score (nSPS) is 10.2. The summed E-state index contributed by atoms with van der Waals surface area (Å²) < 4.78 is 0.847. The van der Waals surface area contributed by atoms with E-state index in [1.165, 1.54) is 17.4 Å². The Bertz CT molecular complexity index is 568. The second kappa shape index (κ2) is 4.85. The van der Waals surface area contributed by atoms with Gasteiger partial charge in [0.15, 0.2) is 5.13 Å². The molecule has 2 N–H and O–H groups in total. The minimum absolute atomic E-state index is 0.109. The van der Waals surface area contributed by atoms with E-state index >= 15 is 0 Å². The molecule has 0 atom stereocenters. The molecular formula is C11H9BrN2O2S. The molecule has 6 heteroatoms. The molecule has 0 bridgehead atoms. The summed E-state index contributed by atoms with van der Waals surface area (Å²) in [6, 6.07) is 4.79. The molecule has 2 rings (SSSR count). The van der Waals surface area contributed by atoms with E-state index in [1.54, 1.807) is 25.3 Å². The maximum Gasteiger partial charge on any atom is 0.257 e. The quantitative estimate of drug-likeness (QED) is 0.895. The highest BCUT2D eigenvalue weighted by molar-refractivity contribution is 9.11. The van der Waals surface area contributed by atoms with E-state index in [0.29, 0.717) is 10.7 Å². The number of hydrogen-bond acceptors (Lipinski definition) is 4. The van der Waals surface area contributed by atoms with Crippen LogP contribution < -0.4 is 5.32 Å². The second-order valence-electron chi connectivity index (χ2n) is 3.42. The number of benzene rings is 1. The van der Waals surface area contributed by atoms with Gasteiger partial charge in [-0.25, -0.2) is 4.98 Å². The zero-order valence-corrected chi connectivity index (χ0v) is 11.3. The fourth-order valence-corrected chi connectivity index (χ4v) is 2.33. The first-order valence-corrected chi connectivity index (χ1v) is 6.39. The molecule has 2 aromatic rings. The molecule has 1 aromatic heterocycles. The Morgan fingerprint density at radius 2 is 2.29 bits per heavy atom. The molecule has 0 unspecified atom stereocenters. The van der Waals surface area contributed by atoms with Gasteiger partial charge < -0.3 is 5.11 Å². The van der Waals surface area contributed by atoms with Crippen molar-refractivity contribution in [1.82, 2.24) is 4.98 Å². The zero-order chi connectivity index (χ0) is 12.4. The van der Waals surface area contributed by atoms with Crippen molar-refractivity contribution in [3.05, 3.63) is 39.3 Å². The number of aryl methyl sites for hydroxylation is 1. The van der Waals surface area contributed by atoms with Crippen molar-refractivity contribution >= 4 is 38.3 Å². The summed E-state index contributed by atoms with van der Waals surface area (Å²) in [6.07, 6.45) is 1.62. The van der Waals surface area contributed by atoms with Crippen LogP contribution in [0.2, 0.25) is 0 Å². The van der Waals surface area contributed by atoms with Crippen LogP contribution >= 0.6 is 27.3 Å². The van der Waals surface area contributed by atoms with Gasteiger partial charge in [-0.15, -0.1) is 0 Å². The smallest absolute Gasteiger partial charge is 0.257 e. The lowest BCUT2D eigenvalue weighted by Gasteiger charge is -2.03. The van der Waals surface area contributed by atoms with E-state index in [0.717, 1.165) is 9.35 Å². The lowest BCUT2D eigenvalue weighted by atomic mass is 10.1. The number of halogens is 1. The van der Waals surface area contributed by atoms with Crippen LogP contribution in [0.5, 0.6) is 5.75 Å². The Morgan fingerprint density at radius 3 is 2.88 bits per heavy atom. The average molecular weight is 313 g/mol. The standard InChI is InChI=1S/C11H9BrN2O2S/c1-6-2-3-7(4-8(6)15)10(16)14-11-13-5-9(12)17-11/h2-5,15H,1H3,(H,13,14,16). The van der Waals surface area contributed by atoms with Crippen molar-refractivity contribution in [3.8, 4) is 5.75 Å². The third-order valence-corrected chi connectivity index (χ3v) is 3.56. The number of rotatable bonds is 2. The van der Waals surface area contributed by atoms with Crippen LogP contribution in [0.25, 0.3) is 0 Å². The Labute approximate surface area is 110 Å². The number of thiazole rings is 1. The van der Waals surface area contributed by atoms with Gasteiger partial charge in [-0.3, -0.25) is 10.1 Å². The third-order valence-electron chi connectivity index (χ3n) is 2.17. The minimum Gasteiger partial charge on any atom is -0.508 e. The first kappa shape index (κ1) is 12.1. The third kappa shape index (κ3) is 2.83. The van der Waals surface area contributed by atoms with Crippen molar-refractivity contribution in [2.75, 3.05) is 5.32 Å². The molecule has 88 valence electrons. The van der Waals surface area contributed by atoms with Crippen molar-refractivity contribution in [1.29, 1.82) is 0 Å². The van der Waals surface area contributed by atoms with Crippen LogP contribution in [0.1, 0.15) is 15.9 Å². The molecule has 0 aliphatic heterocycles. The van der Waals surface area contributed by atoms with E-state index in [9.17, 15) is 9.90 Å². The Balaban J connectivity index is 2.17. The number of aromatic nitrogens is 1. The second-order valence-corrected chi connectivity index (χ2v) is 5.83. The number of phenols is 1. The minimum atomic E-state index is -0.290. The summed E-state index contributed by atoms with van der Waals surface area (Å²) in [7, 11) is 0. The molecule has 0 radical (unpaired) electrons. The molecule has 4 nitrogen and oxygen atoms in total. The van der Waals surface area contributed by atoms with Crippen LogP contribution in [-0.4, -0.2) is 16.0 Å². The molecule has 1 aromatic carbocycles. The number of phenolic OH excluding ortho intramolecular Hbond substituents is 1. The average Bonchev–Trinajstić information content (AvgIpc) is 2.68. The van der Waals surface area contributed by atoms with Crippen LogP contribution in [0.4, 0.5) is 5.13 Å². The molecule has 1 heterocycles. The van der Waals surface area contributed by atoms with Crippen molar-refractivity contribution < 1.29 is 9.90 Å². The van der Waals surface area contributed by atoms with Gasteiger partial charge in [-0.05, 0) is 40.5 Å². The molecule has 0 spiro atoms. The Kier molecular flexibility index (Phi) is 3.44. The highest BCUT2D eigenvalue weighted by Gasteiger charge is 2.09. The fourth-order valence-electron chi connectivity index (χ4n) is 1.23. The topological polar surface area (TPSA) is 62.2 Å². The SMILES string of the molecule is Cc1ccc(C(=O)Nc2ncc(Br)s2)cc1O. The fraction of sp³-hybridized carbons (Fsp3) is 0.0909. The number of nitrogens with zero attached hydrogens (tertiary/aromatic N) is 1. The van der Waals surface area contributed by atoms with Gasteiger partial charge in [-0.2, -0.15) is 0 Å². The Morgan fingerprint density at radius 1 is 1.53 bits per heavy atom. The van der Waals surface area contributed by atoms with E-state index in [-0.39, 0.29) is 11.7 Å². The van der Waals surface area contributed by atoms with Gasteiger partial charge in [0.2, 0.25) is 0 Å². The van der Waals surface area contributed by atoms with Gasteiger partial charge in [0.1, 0.15) is 5.75 Å². The van der Waals surface area contributed by atoms with E-state index in [1.807, 2.05) is 0 Å². The molecule has 1 amide bonds. The molecule has 0 aliphatic carbocycles. The largest absolute Gasteiger partial charge is 0.508 e. The first-order valence-electron chi connectivity index (χ1n) is 4.78. The summed E-state index contributed by atoms with van der Waals surface area (Å²) in [5.41, 5.74) is 1.14. The lowest BCUT2D eigenvalue weighted by molar-refractivity contribution is 0.102. The summed E-state index contributed by atoms with van der Waals surface area (Å²) in [5.74, 6) is -0.180. The molecule has 17 heavy (non-hydrogen) atoms. The molecular weight excluding hydrogens is 304 g/mol. The number of hydrogen-bond donors (Lipinski definition) is 2. The first-order chi connectivity index (χ1) is 8.06. The van der Waals surface area contributed by atoms with Gasteiger partial charge in [0, 0.05) is 5.56 Å². The lowest BCUT2D eigenvalue weighted by Crippen LogP contribution is -2.11. The van der Waals surface area contributed by atoms with Crippen molar-refractivity contribution in [2.45, 2.75) is 6.92 Å². The van der Waals surface area contributed by atoms with Crippen molar-refractivity contribution in [3.63, 3.8) is 0 Å². The number of nitrogens with one attached hydrogen (secondary N) is 1. The van der Waals surface area contributed by atoms with Crippen LogP contribution in [0.3, 0.4) is 0 Å². The monoisotopic (exact) mass is 312 g/mol. The zero-order valence-electron chi connectivity index (χ0n) is 8.90. The maximum absolute atomic E-state index is 11.8. The van der Waals surface area contributed by atoms with Crippen LogP contribution in [-0.2, 0) is 0 Å². The Hall–Kier alpha value is -1.40. The molecule has 0 aliphatic rings. The van der Waals surface area contributed by atoms with Crippen LogP contribution in [0.15, 0.2) is 28.2 Å².